The van der Waals surface area contributed by atoms with Gasteiger partial charge in [-0.3, -0.25) is 0 Å². The summed E-state index contributed by atoms with van der Waals surface area (Å²) < 4.78 is 0. The Balaban J connectivity index is 1.20. The number of nitrogens with zero attached hydrogens (tertiary/aromatic N) is 3. The molecule has 4 unspecified atom stereocenters. The van der Waals surface area contributed by atoms with Gasteiger partial charge in [0.2, 0.25) is 0 Å². The molecule has 2 saturated carbocycles. The van der Waals surface area contributed by atoms with Crippen LogP contribution in [-0.4, -0.2) is 17.8 Å². The molecule has 6 aromatic rings. The van der Waals surface area contributed by atoms with Gasteiger partial charge in [-0.05, 0) is 171 Å². The first-order valence-electron chi connectivity index (χ1n) is 28.5. The zero-order valence-electron chi connectivity index (χ0n) is 47.7. The number of aryl methyl sites for hydroxylation is 2. The molecule has 0 amide bonds. The summed E-state index contributed by atoms with van der Waals surface area (Å²) in [6.07, 6.45) is 9.81. The summed E-state index contributed by atoms with van der Waals surface area (Å²) >= 11 is 0. The van der Waals surface area contributed by atoms with Crippen molar-refractivity contribution in [3.63, 3.8) is 0 Å². The van der Waals surface area contributed by atoms with Gasteiger partial charge in [-0.2, -0.15) is 0 Å². The molecule has 0 spiro atoms. The van der Waals surface area contributed by atoms with Crippen LogP contribution in [0.4, 0.5) is 39.8 Å². The molecule has 4 aliphatic heterocycles. The minimum atomic E-state index is -0.136. The van der Waals surface area contributed by atoms with E-state index in [1.54, 1.807) is 11.1 Å². The summed E-state index contributed by atoms with van der Waals surface area (Å²) in [6, 6.07) is 38.2. The van der Waals surface area contributed by atoms with Crippen molar-refractivity contribution in [1.29, 1.82) is 0 Å². The highest BCUT2D eigenvalue weighted by atomic mass is 15.3. The third-order valence-electron chi connectivity index (χ3n) is 21.4. The lowest BCUT2D eigenvalue weighted by atomic mass is 9.33. The van der Waals surface area contributed by atoms with Crippen LogP contribution in [0.3, 0.4) is 0 Å². The van der Waals surface area contributed by atoms with Crippen molar-refractivity contribution in [2.45, 2.75) is 213 Å². The molecule has 4 heteroatoms. The standard InChI is InChI=1S/C69H82BN3/c1-41-32-44(63(6,7)8)33-42(2)60(41)71-56-39-48-47-24-18-19-25-49(47)65(12,13)50(48)40-53(56)70-54-36-45(64(9,10)11)35-52-61(54)73(69(17)31-23-21-29-67(52,69)15)58-38-46(37-57(71)59(58)70)72-55-27-26-43(62(3,4)5)34-51(55)66(14)28-20-22-30-68(66,72)16/h18-19,24-27,32-40H,20-23,28-31H2,1-17H3. The Morgan fingerprint density at radius 3 is 1.64 bits per heavy atom. The molecule has 73 heavy (non-hydrogen) atoms. The first kappa shape index (κ1) is 47.5. The van der Waals surface area contributed by atoms with Gasteiger partial charge < -0.3 is 14.7 Å². The Bertz CT molecular complexity index is 3380. The molecule has 0 bridgehead atoms. The van der Waals surface area contributed by atoms with Crippen molar-refractivity contribution in [3.8, 4) is 11.1 Å². The number of hydrogen-bond donors (Lipinski definition) is 0. The first-order chi connectivity index (χ1) is 34.1. The van der Waals surface area contributed by atoms with Crippen LogP contribution in [0.5, 0.6) is 0 Å². The molecule has 0 radical (unpaired) electrons. The average molecular weight is 964 g/mol. The number of anilines is 7. The SMILES string of the molecule is Cc1cc(C(C)(C)C)cc(C)c1N1c2cc3c(cc2B2c4cc(C(C)(C)C)cc5c4N(c4cc(N6c7ccc(C(C)(C)C)cc7C7(C)CCCCC67C)cc1c42)C1(C)CCCCC51C)C(C)(C)c1ccccc1-3. The minimum Gasteiger partial charge on any atom is -0.335 e. The predicted molar refractivity (Wildman–Crippen MR) is 315 cm³/mol. The second-order valence-electron chi connectivity index (χ2n) is 29.0. The van der Waals surface area contributed by atoms with Crippen LogP contribution in [0.15, 0.2) is 91.0 Å². The largest absolute Gasteiger partial charge is 0.335 e. The second-order valence-corrected chi connectivity index (χ2v) is 29.0. The highest BCUT2D eigenvalue weighted by molar-refractivity contribution is 7.00. The molecule has 3 nitrogen and oxygen atoms in total. The average Bonchev–Trinajstić information content (AvgIpc) is 3.77. The Kier molecular flexibility index (Phi) is 9.49. The maximum Gasteiger partial charge on any atom is 0.252 e. The molecule has 7 aliphatic rings. The van der Waals surface area contributed by atoms with Gasteiger partial charge in [0.25, 0.3) is 6.71 Å². The summed E-state index contributed by atoms with van der Waals surface area (Å²) in [5.74, 6) is 0. The molecule has 6 aromatic carbocycles. The van der Waals surface area contributed by atoms with Crippen molar-refractivity contribution in [2.24, 2.45) is 0 Å². The quantitative estimate of drug-likeness (QED) is 0.160. The molecule has 13 rings (SSSR count). The summed E-state index contributed by atoms with van der Waals surface area (Å²) in [6.45, 7) is 42.0. The van der Waals surface area contributed by atoms with Crippen molar-refractivity contribution in [3.05, 3.63) is 141 Å². The van der Waals surface area contributed by atoms with E-state index in [4.69, 9.17) is 0 Å². The molecule has 376 valence electrons. The van der Waals surface area contributed by atoms with Crippen LogP contribution in [-0.2, 0) is 32.5 Å². The topological polar surface area (TPSA) is 9.72 Å². The molecule has 2 fully saturated rings. The maximum absolute atomic E-state index is 2.99. The molecular formula is C69H82BN3. The molecule has 4 atom stereocenters. The van der Waals surface area contributed by atoms with Gasteiger partial charge in [0.15, 0.2) is 0 Å². The summed E-state index contributed by atoms with van der Waals surface area (Å²) in [4.78, 5) is 8.69. The smallest absolute Gasteiger partial charge is 0.252 e. The fraction of sp³-hybridized carbons (Fsp3) is 0.478. The Labute approximate surface area is 440 Å². The summed E-state index contributed by atoms with van der Waals surface area (Å²) in [7, 11) is 0. The summed E-state index contributed by atoms with van der Waals surface area (Å²) in [5.41, 5.74) is 29.7. The van der Waals surface area contributed by atoms with Gasteiger partial charge in [0, 0.05) is 50.4 Å². The van der Waals surface area contributed by atoms with Gasteiger partial charge in [0.05, 0.1) is 16.8 Å². The van der Waals surface area contributed by atoms with E-state index in [0.717, 1.165) is 0 Å². The predicted octanol–water partition coefficient (Wildman–Crippen LogP) is 16.6. The number of hydrogen-bond acceptors (Lipinski definition) is 3. The fourth-order valence-electron chi connectivity index (χ4n) is 16.7. The van der Waals surface area contributed by atoms with Crippen LogP contribution < -0.4 is 31.1 Å². The third kappa shape index (κ3) is 5.96. The fourth-order valence-corrected chi connectivity index (χ4v) is 16.7. The van der Waals surface area contributed by atoms with E-state index in [-0.39, 0.29) is 50.3 Å². The van der Waals surface area contributed by atoms with E-state index in [9.17, 15) is 0 Å². The van der Waals surface area contributed by atoms with E-state index in [2.05, 4.69) is 223 Å². The normalized spacial score (nSPS) is 25.9. The lowest BCUT2D eigenvalue weighted by molar-refractivity contribution is 0.194. The van der Waals surface area contributed by atoms with E-state index >= 15 is 0 Å². The monoisotopic (exact) mass is 964 g/mol. The van der Waals surface area contributed by atoms with Crippen molar-refractivity contribution < 1.29 is 0 Å². The lowest BCUT2D eigenvalue weighted by Crippen LogP contribution is -2.65. The number of rotatable bonds is 2. The number of fused-ring (bicyclic) bond motifs is 13. The van der Waals surface area contributed by atoms with Gasteiger partial charge in [-0.15, -0.1) is 0 Å². The van der Waals surface area contributed by atoms with E-state index < -0.39 is 0 Å². The van der Waals surface area contributed by atoms with Crippen LogP contribution in [0, 0.1) is 13.8 Å². The second kappa shape index (κ2) is 14.6. The minimum absolute atomic E-state index is 0.00516. The molecular weight excluding hydrogens is 882 g/mol. The molecule has 3 aliphatic carbocycles. The van der Waals surface area contributed by atoms with Gasteiger partial charge in [-0.1, -0.05) is 182 Å². The highest BCUT2D eigenvalue weighted by Gasteiger charge is 2.63. The highest BCUT2D eigenvalue weighted by Crippen LogP contribution is 2.66. The van der Waals surface area contributed by atoms with Crippen LogP contribution in [0.1, 0.15) is 205 Å². The van der Waals surface area contributed by atoms with Crippen LogP contribution in [0.25, 0.3) is 11.1 Å². The van der Waals surface area contributed by atoms with E-state index in [1.807, 2.05) is 0 Å². The van der Waals surface area contributed by atoms with Gasteiger partial charge in [0.1, 0.15) is 0 Å². The molecule has 4 heterocycles. The molecule has 0 saturated heterocycles. The van der Waals surface area contributed by atoms with E-state index in [0.29, 0.717) is 0 Å². The first-order valence-corrected chi connectivity index (χ1v) is 28.5. The Morgan fingerprint density at radius 2 is 1.00 bits per heavy atom. The van der Waals surface area contributed by atoms with Crippen LogP contribution >= 0.6 is 0 Å². The molecule has 0 N–H and O–H groups in total. The maximum atomic E-state index is 2.99. The van der Waals surface area contributed by atoms with Crippen molar-refractivity contribution >= 4 is 62.9 Å². The van der Waals surface area contributed by atoms with Crippen LogP contribution in [0.2, 0.25) is 0 Å². The van der Waals surface area contributed by atoms with Gasteiger partial charge >= 0.3 is 0 Å². The summed E-state index contributed by atoms with van der Waals surface area (Å²) in [5, 5.41) is 0. The number of benzene rings is 6. The Hall–Kier alpha value is -5.22. The lowest BCUT2D eigenvalue weighted by Gasteiger charge is -2.54. The Morgan fingerprint density at radius 1 is 0.438 bits per heavy atom. The zero-order chi connectivity index (χ0) is 51.7. The van der Waals surface area contributed by atoms with E-state index in [1.165, 1.54) is 158 Å². The van der Waals surface area contributed by atoms with Crippen molar-refractivity contribution in [2.75, 3.05) is 14.7 Å². The molecule has 0 aromatic heterocycles. The zero-order valence-corrected chi connectivity index (χ0v) is 47.7. The third-order valence-corrected chi connectivity index (χ3v) is 21.4. The van der Waals surface area contributed by atoms with Gasteiger partial charge in [-0.25, -0.2) is 0 Å². The van der Waals surface area contributed by atoms with Crippen molar-refractivity contribution in [1.82, 2.24) is 0 Å².